The molecule has 2 aliphatic rings. The summed E-state index contributed by atoms with van der Waals surface area (Å²) in [6.45, 7) is 2.79. The molecule has 0 radical (unpaired) electrons. The number of rotatable bonds is 3. The number of nitrogens with one attached hydrogen (secondary N) is 2. The Morgan fingerprint density at radius 1 is 1.11 bits per heavy atom. The van der Waals surface area contributed by atoms with E-state index in [1.165, 1.54) is 11.3 Å². The molecule has 2 heterocycles. The summed E-state index contributed by atoms with van der Waals surface area (Å²) >= 11 is 0. The average Bonchev–Trinajstić information content (AvgIpc) is 2.97. The van der Waals surface area contributed by atoms with E-state index in [9.17, 15) is 4.79 Å². The van der Waals surface area contributed by atoms with E-state index in [1.807, 2.05) is 24.3 Å². The summed E-state index contributed by atoms with van der Waals surface area (Å²) in [5.41, 5.74) is 3.42. The van der Waals surface area contributed by atoms with Gasteiger partial charge < -0.3 is 20.3 Å². The van der Waals surface area contributed by atoms with Crippen molar-refractivity contribution in [3.05, 3.63) is 54.1 Å². The predicted molar refractivity (Wildman–Crippen MR) is 107 cm³/mol. The number of hydrogen-bond acceptors (Lipinski definition) is 4. The van der Waals surface area contributed by atoms with Crippen LogP contribution in [-0.4, -0.2) is 50.3 Å². The number of amides is 2. The van der Waals surface area contributed by atoms with Crippen molar-refractivity contribution in [2.24, 2.45) is 0 Å². The number of methoxy groups -OCH3 is 1. The molecule has 1 saturated heterocycles. The maximum absolute atomic E-state index is 12.4. The van der Waals surface area contributed by atoms with Crippen LogP contribution in [0.4, 0.5) is 16.2 Å². The van der Waals surface area contributed by atoms with Crippen LogP contribution in [0.2, 0.25) is 0 Å². The van der Waals surface area contributed by atoms with Gasteiger partial charge in [-0.1, -0.05) is 18.2 Å². The molecule has 4 rings (SSSR count). The first-order valence-corrected chi connectivity index (χ1v) is 9.37. The molecule has 0 saturated carbocycles. The number of para-hydroxylation sites is 1. The van der Waals surface area contributed by atoms with Crippen molar-refractivity contribution in [3.8, 4) is 5.75 Å². The van der Waals surface area contributed by atoms with Gasteiger partial charge in [0, 0.05) is 50.1 Å². The monoisotopic (exact) mass is 366 g/mol. The fourth-order valence-corrected chi connectivity index (χ4v) is 4.15. The lowest BCUT2D eigenvalue weighted by molar-refractivity contribution is 0.243. The normalized spacial score (nSPS) is 21.8. The molecule has 2 aromatic rings. The number of hydrogen-bond donors (Lipinski definition) is 2. The molecule has 2 aliphatic heterocycles. The van der Waals surface area contributed by atoms with Crippen molar-refractivity contribution in [2.75, 3.05) is 37.5 Å². The van der Waals surface area contributed by atoms with Crippen molar-refractivity contribution in [1.29, 1.82) is 0 Å². The number of anilines is 2. The first-order chi connectivity index (χ1) is 13.1. The van der Waals surface area contributed by atoms with Crippen molar-refractivity contribution in [3.63, 3.8) is 0 Å². The fraction of sp³-hybridized carbons (Fsp3) is 0.381. The van der Waals surface area contributed by atoms with Gasteiger partial charge in [0.1, 0.15) is 5.75 Å². The molecule has 1 fully saturated rings. The Kier molecular flexibility index (Phi) is 4.90. The summed E-state index contributed by atoms with van der Waals surface area (Å²) in [6, 6.07) is 16.4. The minimum absolute atomic E-state index is 0.156. The molecule has 0 bridgehead atoms. The third-order valence-corrected chi connectivity index (χ3v) is 5.47. The highest BCUT2D eigenvalue weighted by Gasteiger charge is 2.35. The van der Waals surface area contributed by atoms with E-state index in [0.717, 1.165) is 37.5 Å². The lowest BCUT2D eigenvalue weighted by Gasteiger charge is -2.24. The van der Waals surface area contributed by atoms with Gasteiger partial charge in [-0.05, 0) is 42.3 Å². The topological polar surface area (TPSA) is 56.8 Å². The summed E-state index contributed by atoms with van der Waals surface area (Å²) in [6.07, 6.45) is 0.967. The van der Waals surface area contributed by atoms with Crippen LogP contribution >= 0.6 is 0 Å². The molecule has 2 atom stereocenters. The number of carbonyl (C=O) groups is 1. The summed E-state index contributed by atoms with van der Waals surface area (Å²) in [5, 5.41) is 6.03. The quantitative estimate of drug-likeness (QED) is 0.877. The van der Waals surface area contributed by atoms with Gasteiger partial charge in [0.25, 0.3) is 0 Å². The summed E-state index contributed by atoms with van der Waals surface area (Å²) in [4.78, 5) is 17.2. The molecule has 2 N–H and O–H groups in total. The molecular weight excluding hydrogens is 340 g/mol. The molecule has 142 valence electrons. The molecule has 0 aliphatic carbocycles. The highest BCUT2D eigenvalue weighted by atomic mass is 16.5. The molecule has 27 heavy (non-hydrogen) atoms. The fourth-order valence-electron chi connectivity index (χ4n) is 4.15. The average molecular weight is 366 g/mol. The third-order valence-electron chi connectivity index (χ3n) is 5.47. The van der Waals surface area contributed by atoms with Gasteiger partial charge in [-0.25, -0.2) is 4.79 Å². The molecular formula is C21H26N4O2. The van der Waals surface area contributed by atoms with Crippen LogP contribution in [0.5, 0.6) is 5.75 Å². The number of carbonyl (C=O) groups excluding carboxylic acids is 1. The number of nitrogens with zero attached hydrogens (tertiary/aromatic N) is 2. The van der Waals surface area contributed by atoms with Crippen molar-refractivity contribution < 1.29 is 9.53 Å². The standard InChI is InChI=1S/C21H26N4O2/c1-24-14-18-11-17(13-25(18)12-15-5-3-4-6-20(15)24)23-21(26)22-16-7-9-19(27-2)10-8-16/h3-10,17-18H,11-14H2,1-2H3,(H2,22,23,26)/t17-,18-/m0/s1. The Bertz CT molecular complexity index is 808. The smallest absolute Gasteiger partial charge is 0.319 e. The van der Waals surface area contributed by atoms with Gasteiger partial charge in [-0.2, -0.15) is 0 Å². The second-order valence-corrected chi connectivity index (χ2v) is 7.35. The third kappa shape index (κ3) is 3.85. The van der Waals surface area contributed by atoms with E-state index >= 15 is 0 Å². The maximum Gasteiger partial charge on any atom is 0.319 e. The minimum Gasteiger partial charge on any atom is -0.497 e. The highest BCUT2D eigenvalue weighted by Crippen LogP contribution is 2.30. The van der Waals surface area contributed by atoms with Gasteiger partial charge in [-0.3, -0.25) is 4.90 Å². The van der Waals surface area contributed by atoms with Crippen LogP contribution in [0.1, 0.15) is 12.0 Å². The molecule has 0 unspecified atom stereocenters. The first-order valence-electron chi connectivity index (χ1n) is 9.37. The van der Waals surface area contributed by atoms with Gasteiger partial charge in [0.05, 0.1) is 7.11 Å². The Hall–Kier alpha value is -2.73. The molecule has 6 nitrogen and oxygen atoms in total. The van der Waals surface area contributed by atoms with Crippen LogP contribution in [0, 0.1) is 0 Å². The molecule has 2 amide bonds. The SMILES string of the molecule is COc1ccc(NC(=O)N[C@H]2C[C@H]3CN(C)c4ccccc4CN3C2)cc1. The van der Waals surface area contributed by atoms with Crippen LogP contribution in [0.25, 0.3) is 0 Å². The van der Waals surface area contributed by atoms with Crippen LogP contribution in [-0.2, 0) is 6.54 Å². The first kappa shape index (κ1) is 17.7. The van der Waals surface area contributed by atoms with Gasteiger partial charge >= 0.3 is 6.03 Å². The minimum atomic E-state index is -0.156. The number of likely N-dealkylation sites (N-methyl/N-ethyl adjacent to an activating group) is 1. The second-order valence-electron chi connectivity index (χ2n) is 7.35. The zero-order chi connectivity index (χ0) is 18.8. The lowest BCUT2D eigenvalue weighted by atomic mass is 10.1. The summed E-state index contributed by atoms with van der Waals surface area (Å²) in [5.74, 6) is 0.772. The molecule has 0 spiro atoms. The predicted octanol–water partition coefficient (Wildman–Crippen LogP) is 2.91. The summed E-state index contributed by atoms with van der Waals surface area (Å²) < 4.78 is 5.14. The van der Waals surface area contributed by atoms with Crippen molar-refractivity contribution >= 4 is 17.4 Å². The van der Waals surface area contributed by atoms with E-state index in [4.69, 9.17) is 4.74 Å². The Balaban J connectivity index is 1.36. The number of benzene rings is 2. The van der Waals surface area contributed by atoms with Gasteiger partial charge in [0.15, 0.2) is 0 Å². The number of ether oxygens (including phenoxy) is 1. The molecule has 0 aromatic heterocycles. The zero-order valence-electron chi connectivity index (χ0n) is 15.8. The van der Waals surface area contributed by atoms with Gasteiger partial charge in [0.2, 0.25) is 0 Å². The number of fused-ring (bicyclic) bond motifs is 2. The van der Waals surface area contributed by atoms with E-state index in [2.05, 4.69) is 51.7 Å². The van der Waals surface area contributed by atoms with Crippen molar-refractivity contribution in [2.45, 2.75) is 25.0 Å². The van der Waals surface area contributed by atoms with E-state index < -0.39 is 0 Å². The largest absolute Gasteiger partial charge is 0.497 e. The van der Waals surface area contributed by atoms with Crippen LogP contribution in [0.15, 0.2) is 48.5 Å². The summed E-state index contributed by atoms with van der Waals surface area (Å²) in [7, 11) is 3.78. The highest BCUT2D eigenvalue weighted by molar-refractivity contribution is 5.89. The Morgan fingerprint density at radius 3 is 2.67 bits per heavy atom. The lowest BCUT2D eigenvalue weighted by Crippen LogP contribution is -2.39. The van der Waals surface area contributed by atoms with E-state index in [0.29, 0.717) is 6.04 Å². The molecule has 6 heteroatoms. The zero-order valence-corrected chi connectivity index (χ0v) is 15.8. The second kappa shape index (κ2) is 7.48. The molecule has 2 aromatic carbocycles. The van der Waals surface area contributed by atoms with Gasteiger partial charge in [-0.15, -0.1) is 0 Å². The van der Waals surface area contributed by atoms with E-state index in [1.54, 1.807) is 7.11 Å². The Morgan fingerprint density at radius 2 is 1.89 bits per heavy atom. The number of urea groups is 1. The maximum atomic E-state index is 12.4. The van der Waals surface area contributed by atoms with Crippen LogP contribution in [0.3, 0.4) is 0 Å². The van der Waals surface area contributed by atoms with E-state index in [-0.39, 0.29) is 12.1 Å². The van der Waals surface area contributed by atoms with Crippen molar-refractivity contribution in [1.82, 2.24) is 10.2 Å². The van der Waals surface area contributed by atoms with Crippen LogP contribution < -0.4 is 20.3 Å². The Labute approximate surface area is 160 Å².